The lowest BCUT2D eigenvalue weighted by Gasteiger charge is -2.02. The van der Waals surface area contributed by atoms with Gasteiger partial charge in [-0.25, -0.2) is 9.78 Å². The Balaban J connectivity index is 2.86. The standard InChI is InChI=1S/C7H15NO4/c1-7(9)6-12-11-5-4-10-3-2-8/h2-6,8H2,1H3. The summed E-state index contributed by atoms with van der Waals surface area (Å²) in [6.45, 7) is 3.15. The quantitative estimate of drug-likeness (QED) is 0.307. The van der Waals surface area contributed by atoms with Crippen LogP contribution in [-0.4, -0.2) is 38.8 Å². The molecule has 0 atom stereocenters. The van der Waals surface area contributed by atoms with E-state index >= 15 is 0 Å². The highest BCUT2D eigenvalue weighted by molar-refractivity contribution is 5.76. The molecule has 12 heavy (non-hydrogen) atoms. The molecule has 5 nitrogen and oxygen atoms in total. The maximum Gasteiger partial charge on any atom is 0.158 e. The molecule has 2 N–H and O–H groups in total. The van der Waals surface area contributed by atoms with Crippen LogP contribution < -0.4 is 5.73 Å². The van der Waals surface area contributed by atoms with E-state index in [1.165, 1.54) is 6.92 Å². The average molecular weight is 177 g/mol. The molecule has 0 unspecified atom stereocenters. The molecule has 0 aliphatic rings. The van der Waals surface area contributed by atoms with E-state index in [0.717, 1.165) is 0 Å². The molecule has 0 aromatic rings. The van der Waals surface area contributed by atoms with Crippen molar-refractivity contribution in [1.82, 2.24) is 0 Å². The zero-order valence-electron chi connectivity index (χ0n) is 7.25. The predicted octanol–water partition coefficient (Wildman–Crippen LogP) is -0.501. The summed E-state index contributed by atoms with van der Waals surface area (Å²) in [5.74, 6) is -0.0714. The van der Waals surface area contributed by atoms with Crippen molar-refractivity contribution in [2.24, 2.45) is 5.73 Å². The van der Waals surface area contributed by atoms with Crippen molar-refractivity contribution in [2.45, 2.75) is 6.92 Å². The van der Waals surface area contributed by atoms with Gasteiger partial charge < -0.3 is 10.5 Å². The molecule has 0 amide bonds. The summed E-state index contributed by atoms with van der Waals surface area (Å²) in [5.41, 5.74) is 5.17. The van der Waals surface area contributed by atoms with Crippen molar-refractivity contribution < 1.29 is 19.3 Å². The summed E-state index contributed by atoms with van der Waals surface area (Å²) in [5, 5.41) is 0. The van der Waals surface area contributed by atoms with Crippen molar-refractivity contribution >= 4 is 5.78 Å². The first-order valence-electron chi connectivity index (χ1n) is 3.79. The van der Waals surface area contributed by atoms with Crippen LogP contribution in [0.1, 0.15) is 6.92 Å². The van der Waals surface area contributed by atoms with E-state index in [4.69, 9.17) is 10.5 Å². The zero-order chi connectivity index (χ0) is 9.23. The third-order valence-electron chi connectivity index (χ3n) is 0.919. The minimum atomic E-state index is -0.0714. The minimum absolute atomic E-state index is 0.0170. The normalized spacial score (nSPS) is 10.2. The van der Waals surface area contributed by atoms with Crippen LogP contribution in [-0.2, 0) is 19.3 Å². The van der Waals surface area contributed by atoms with Gasteiger partial charge in [-0.05, 0) is 6.92 Å². The van der Waals surface area contributed by atoms with Crippen molar-refractivity contribution in [3.05, 3.63) is 0 Å². The Kier molecular flexibility index (Phi) is 8.25. The van der Waals surface area contributed by atoms with Gasteiger partial charge >= 0.3 is 0 Å². The average Bonchev–Trinajstić information content (AvgIpc) is 2.02. The van der Waals surface area contributed by atoms with Crippen LogP contribution in [0.2, 0.25) is 0 Å². The van der Waals surface area contributed by atoms with Crippen LogP contribution in [0.25, 0.3) is 0 Å². The molecule has 0 aliphatic heterocycles. The lowest BCUT2D eigenvalue weighted by Crippen LogP contribution is -2.13. The first kappa shape index (κ1) is 11.5. The molecule has 0 saturated heterocycles. The van der Waals surface area contributed by atoms with Gasteiger partial charge in [0.2, 0.25) is 0 Å². The van der Waals surface area contributed by atoms with Gasteiger partial charge in [-0.2, -0.15) is 0 Å². The molecule has 0 bridgehead atoms. The molecule has 0 rings (SSSR count). The molecular formula is C7H15NO4. The van der Waals surface area contributed by atoms with Crippen molar-refractivity contribution in [3.8, 4) is 0 Å². The van der Waals surface area contributed by atoms with Crippen LogP contribution in [0.4, 0.5) is 0 Å². The Morgan fingerprint density at radius 3 is 2.58 bits per heavy atom. The van der Waals surface area contributed by atoms with Gasteiger partial charge in [0, 0.05) is 6.54 Å². The molecule has 72 valence electrons. The molecule has 0 fully saturated rings. The van der Waals surface area contributed by atoms with Crippen LogP contribution >= 0.6 is 0 Å². The molecule has 0 saturated carbocycles. The number of carbonyl (C=O) groups excluding carboxylic acids is 1. The van der Waals surface area contributed by atoms with Gasteiger partial charge in [0.1, 0.15) is 13.2 Å². The second kappa shape index (κ2) is 8.61. The fraction of sp³-hybridized carbons (Fsp3) is 0.857. The number of rotatable bonds is 8. The van der Waals surface area contributed by atoms with E-state index < -0.39 is 0 Å². The van der Waals surface area contributed by atoms with Crippen LogP contribution in [0, 0.1) is 0 Å². The monoisotopic (exact) mass is 177 g/mol. The van der Waals surface area contributed by atoms with E-state index in [-0.39, 0.29) is 12.4 Å². The Hall–Kier alpha value is -0.490. The second-order valence-electron chi connectivity index (χ2n) is 2.19. The number of hydrogen-bond acceptors (Lipinski definition) is 5. The molecule has 0 aliphatic carbocycles. The van der Waals surface area contributed by atoms with Gasteiger partial charge in [0.05, 0.1) is 13.2 Å². The minimum Gasteiger partial charge on any atom is -0.378 e. The number of carbonyl (C=O) groups is 1. The van der Waals surface area contributed by atoms with Crippen molar-refractivity contribution in [1.29, 1.82) is 0 Å². The van der Waals surface area contributed by atoms with Gasteiger partial charge in [0.25, 0.3) is 0 Å². The van der Waals surface area contributed by atoms with Crippen LogP contribution in [0.15, 0.2) is 0 Å². The van der Waals surface area contributed by atoms with E-state index in [1.807, 2.05) is 0 Å². The predicted molar refractivity (Wildman–Crippen MR) is 42.5 cm³/mol. The number of ether oxygens (including phenoxy) is 1. The Morgan fingerprint density at radius 2 is 2.00 bits per heavy atom. The van der Waals surface area contributed by atoms with E-state index in [1.54, 1.807) is 0 Å². The van der Waals surface area contributed by atoms with Gasteiger partial charge in [-0.15, -0.1) is 0 Å². The third-order valence-corrected chi connectivity index (χ3v) is 0.919. The molecule has 0 radical (unpaired) electrons. The summed E-state index contributed by atoms with van der Waals surface area (Å²) in [6.07, 6.45) is 0. The molecule has 0 aromatic carbocycles. The topological polar surface area (TPSA) is 70.8 Å². The van der Waals surface area contributed by atoms with Gasteiger partial charge in [0.15, 0.2) is 5.78 Å². The highest BCUT2D eigenvalue weighted by Crippen LogP contribution is 1.81. The molecule has 0 heterocycles. The van der Waals surface area contributed by atoms with E-state index in [9.17, 15) is 4.79 Å². The summed E-state index contributed by atoms with van der Waals surface area (Å²) >= 11 is 0. The Labute approximate surface area is 71.7 Å². The summed E-state index contributed by atoms with van der Waals surface area (Å²) in [6, 6.07) is 0. The number of hydrogen-bond donors (Lipinski definition) is 1. The lowest BCUT2D eigenvalue weighted by atomic mass is 10.5. The largest absolute Gasteiger partial charge is 0.378 e. The molecule has 0 spiro atoms. The third kappa shape index (κ3) is 9.51. The molecule has 5 heteroatoms. The fourth-order valence-corrected chi connectivity index (χ4v) is 0.462. The molecule has 0 aromatic heterocycles. The number of Topliss-reactive ketones (excluding diaryl/α,β-unsaturated/α-hetero) is 1. The molecular weight excluding hydrogens is 162 g/mol. The number of nitrogens with two attached hydrogens (primary N) is 1. The maximum absolute atomic E-state index is 10.3. The van der Waals surface area contributed by atoms with E-state index in [2.05, 4.69) is 9.78 Å². The highest BCUT2D eigenvalue weighted by Gasteiger charge is 1.93. The first-order chi connectivity index (χ1) is 5.77. The van der Waals surface area contributed by atoms with Crippen LogP contribution in [0.5, 0.6) is 0 Å². The Morgan fingerprint density at radius 1 is 1.25 bits per heavy atom. The summed E-state index contributed by atoms with van der Waals surface area (Å²) in [7, 11) is 0. The van der Waals surface area contributed by atoms with Gasteiger partial charge in [-0.1, -0.05) is 0 Å². The lowest BCUT2D eigenvalue weighted by molar-refractivity contribution is -0.293. The number of ketones is 1. The maximum atomic E-state index is 10.3. The first-order valence-corrected chi connectivity index (χ1v) is 3.79. The Bertz CT molecular complexity index is 118. The summed E-state index contributed by atoms with van der Waals surface area (Å²) < 4.78 is 4.97. The van der Waals surface area contributed by atoms with E-state index in [0.29, 0.717) is 26.4 Å². The highest BCUT2D eigenvalue weighted by atomic mass is 17.2. The second-order valence-corrected chi connectivity index (χ2v) is 2.19. The van der Waals surface area contributed by atoms with Crippen molar-refractivity contribution in [2.75, 3.05) is 33.0 Å². The summed E-state index contributed by atoms with van der Waals surface area (Å²) in [4.78, 5) is 19.4. The SMILES string of the molecule is CC(=O)COOCCOCCN. The van der Waals surface area contributed by atoms with Gasteiger partial charge in [-0.3, -0.25) is 4.79 Å². The fourth-order valence-electron chi connectivity index (χ4n) is 0.462. The van der Waals surface area contributed by atoms with Crippen molar-refractivity contribution in [3.63, 3.8) is 0 Å². The zero-order valence-corrected chi connectivity index (χ0v) is 7.25. The van der Waals surface area contributed by atoms with Crippen LogP contribution in [0.3, 0.4) is 0 Å². The smallest absolute Gasteiger partial charge is 0.158 e.